The van der Waals surface area contributed by atoms with Crippen LogP contribution in [0.1, 0.15) is 32.4 Å². The maximum absolute atomic E-state index is 13.0. The van der Waals surface area contributed by atoms with Gasteiger partial charge < -0.3 is 10.6 Å². The Morgan fingerprint density at radius 2 is 2.05 bits per heavy atom. The van der Waals surface area contributed by atoms with Crippen molar-refractivity contribution < 1.29 is 9.18 Å². The van der Waals surface area contributed by atoms with E-state index >= 15 is 0 Å². The average Bonchev–Trinajstić information content (AvgIpc) is 2.33. The molecule has 1 aromatic carbocycles. The van der Waals surface area contributed by atoms with Gasteiger partial charge in [-0.05, 0) is 30.5 Å². The van der Waals surface area contributed by atoms with Gasteiger partial charge in [0.15, 0.2) is 0 Å². The molecule has 106 valence electrons. The van der Waals surface area contributed by atoms with E-state index in [1.807, 2.05) is 20.8 Å². The van der Waals surface area contributed by atoms with Crippen LogP contribution >= 0.6 is 15.9 Å². The first-order chi connectivity index (χ1) is 8.90. The van der Waals surface area contributed by atoms with Gasteiger partial charge in [0.2, 0.25) is 5.91 Å². The van der Waals surface area contributed by atoms with E-state index in [-0.39, 0.29) is 24.3 Å². The van der Waals surface area contributed by atoms with Crippen LogP contribution in [0.4, 0.5) is 4.39 Å². The van der Waals surface area contributed by atoms with E-state index < -0.39 is 0 Å². The Labute approximate surface area is 122 Å². The van der Waals surface area contributed by atoms with Crippen molar-refractivity contribution in [3.63, 3.8) is 0 Å². The summed E-state index contributed by atoms with van der Waals surface area (Å²) in [7, 11) is 0. The van der Waals surface area contributed by atoms with Crippen molar-refractivity contribution in [2.75, 3.05) is 13.1 Å². The Morgan fingerprint density at radius 1 is 1.37 bits per heavy atom. The van der Waals surface area contributed by atoms with Gasteiger partial charge in [-0.1, -0.05) is 35.8 Å². The predicted octanol–water partition coefficient (Wildman–Crippen LogP) is 3.01. The number of hydrogen-bond acceptors (Lipinski definition) is 2. The van der Waals surface area contributed by atoms with Gasteiger partial charge in [-0.15, -0.1) is 0 Å². The zero-order valence-corrected chi connectivity index (χ0v) is 13.1. The highest BCUT2D eigenvalue weighted by atomic mass is 79.9. The highest BCUT2D eigenvalue weighted by Crippen LogP contribution is 2.23. The molecule has 0 aromatic heterocycles. The van der Waals surface area contributed by atoms with Gasteiger partial charge in [0, 0.05) is 17.1 Å². The van der Waals surface area contributed by atoms with Gasteiger partial charge >= 0.3 is 0 Å². The summed E-state index contributed by atoms with van der Waals surface area (Å²) in [6.45, 7) is 6.96. The molecule has 19 heavy (non-hydrogen) atoms. The molecular weight excluding hydrogens is 311 g/mol. The summed E-state index contributed by atoms with van der Waals surface area (Å²) in [6.07, 6.45) is 0. The van der Waals surface area contributed by atoms with E-state index in [0.717, 1.165) is 5.56 Å². The van der Waals surface area contributed by atoms with Crippen LogP contribution in [0.15, 0.2) is 22.7 Å². The molecule has 0 fully saturated rings. The van der Waals surface area contributed by atoms with Crippen LogP contribution in [-0.2, 0) is 4.79 Å². The molecule has 0 spiro atoms. The third-order valence-electron chi connectivity index (χ3n) is 2.71. The average molecular weight is 331 g/mol. The van der Waals surface area contributed by atoms with Crippen molar-refractivity contribution in [2.24, 2.45) is 5.92 Å². The molecule has 0 saturated carbocycles. The summed E-state index contributed by atoms with van der Waals surface area (Å²) in [5, 5.41) is 5.96. The first-order valence-corrected chi connectivity index (χ1v) is 7.14. The van der Waals surface area contributed by atoms with E-state index in [2.05, 4.69) is 26.6 Å². The second kappa shape index (κ2) is 7.60. The van der Waals surface area contributed by atoms with E-state index in [1.54, 1.807) is 6.07 Å². The van der Waals surface area contributed by atoms with Crippen molar-refractivity contribution in [3.8, 4) is 0 Å². The summed E-state index contributed by atoms with van der Waals surface area (Å²) in [6, 6.07) is 4.52. The number of benzene rings is 1. The van der Waals surface area contributed by atoms with Crippen molar-refractivity contribution >= 4 is 21.8 Å². The highest BCUT2D eigenvalue weighted by molar-refractivity contribution is 9.10. The van der Waals surface area contributed by atoms with Gasteiger partial charge in [0.25, 0.3) is 0 Å². The van der Waals surface area contributed by atoms with Crippen LogP contribution in [0, 0.1) is 11.7 Å². The lowest BCUT2D eigenvalue weighted by molar-refractivity contribution is -0.120. The summed E-state index contributed by atoms with van der Waals surface area (Å²) in [5.41, 5.74) is 0.929. The molecule has 1 unspecified atom stereocenters. The Kier molecular flexibility index (Phi) is 6.45. The molecule has 5 heteroatoms. The summed E-state index contributed by atoms with van der Waals surface area (Å²) in [5.74, 6) is 0.129. The van der Waals surface area contributed by atoms with E-state index in [1.165, 1.54) is 12.1 Å². The molecule has 0 aliphatic heterocycles. The number of nitrogens with one attached hydrogen (secondary N) is 2. The van der Waals surface area contributed by atoms with Crippen molar-refractivity contribution in [2.45, 2.75) is 26.8 Å². The Balaban J connectivity index is 2.46. The topological polar surface area (TPSA) is 41.1 Å². The summed E-state index contributed by atoms with van der Waals surface area (Å²) < 4.78 is 13.7. The molecule has 0 saturated heterocycles. The van der Waals surface area contributed by atoms with Gasteiger partial charge in [-0.3, -0.25) is 4.79 Å². The first kappa shape index (κ1) is 16.1. The van der Waals surface area contributed by atoms with Crippen molar-refractivity contribution in [1.82, 2.24) is 10.6 Å². The molecule has 0 bridgehead atoms. The second-order valence-electron chi connectivity index (χ2n) is 4.97. The Bertz CT molecular complexity index is 437. The van der Waals surface area contributed by atoms with Gasteiger partial charge in [-0.2, -0.15) is 0 Å². The minimum Gasteiger partial charge on any atom is -0.355 e. The fourth-order valence-corrected chi connectivity index (χ4v) is 2.28. The van der Waals surface area contributed by atoms with E-state index in [0.29, 0.717) is 16.9 Å². The zero-order chi connectivity index (χ0) is 14.4. The lowest BCUT2D eigenvalue weighted by Gasteiger charge is -2.16. The molecule has 1 atom stereocenters. The number of carbonyl (C=O) groups is 1. The molecule has 0 heterocycles. The summed E-state index contributed by atoms with van der Waals surface area (Å²) in [4.78, 5) is 11.6. The second-order valence-corrected chi connectivity index (χ2v) is 5.82. The van der Waals surface area contributed by atoms with Crippen molar-refractivity contribution in [3.05, 3.63) is 34.1 Å². The number of carbonyl (C=O) groups excluding carboxylic acids is 1. The normalized spacial score (nSPS) is 12.5. The number of hydrogen-bond donors (Lipinski definition) is 2. The minimum absolute atomic E-state index is 0.0280. The quantitative estimate of drug-likeness (QED) is 0.841. The van der Waals surface area contributed by atoms with Gasteiger partial charge in [0.1, 0.15) is 5.82 Å². The highest BCUT2D eigenvalue weighted by Gasteiger charge is 2.11. The Morgan fingerprint density at radius 3 is 2.63 bits per heavy atom. The minimum atomic E-state index is -0.280. The standard InChI is InChI=1S/C14H20BrFN2O/c1-9(2)7-18-14(19)8-17-10(3)12-5-4-11(16)6-13(12)15/h4-6,9-10,17H,7-8H2,1-3H3,(H,18,19). The zero-order valence-electron chi connectivity index (χ0n) is 11.5. The van der Waals surface area contributed by atoms with Crippen LogP contribution in [0.25, 0.3) is 0 Å². The molecule has 1 amide bonds. The van der Waals surface area contributed by atoms with Gasteiger partial charge in [-0.25, -0.2) is 4.39 Å². The molecule has 0 aliphatic carbocycles. The molecule has 1 aromatic rings. The van der Waals surface area contributed by atoms with Crippen LogP contribution in [-0.4, -0.2) is 19.0 Å². The third kappa shape index (κ3) is 5.70. The van der Waals surface area contributed by atoms with Crippen molar-refractivity contribution in [1.29, 1.82) is 0 Å². The number of rotatable bonds is 6. The molecule has 1 rings (SSSR count). The molecule has 0 aliphatic rings. The first-order valence-electron chi connectivity index (χ1n) is 6.35. The molecule has 3 nitrogen and oxygen atoms in total. The SMILES string of the molecule is CC(C)CNC(=O)CNC(C)c1ccc(F)cc1Br. The monoisotopic (exact) mass is 330 g/mol. The fourth-order valence-electron chi connectivity index (χ4n) is 1.59. The van der Waals surface area contributed by atoms with Crippen LogP contribution in [0.2, 0.25) is 0 Å². The lowest BCUT2D eigenvalue weighted by Crippen LogP contribution is -2.36. The summed E-state index contributed by atoms with van der Waals surface area (Å²) >= 11 is 3.32. The third-order valence-corrected chi connectivity index (χ3v) is 3.39. The van der Waals surface area contributed by atoms with Gasteiger partial charge in [0.05, 0.1) is 6.54 Å². The molecule has 2 N–H and O–H groups in total. The Hall–Kier alpha value is -0.940. The fraction of sp³-hybridized carbons (Fsp3) is 0.500. The number of halogens is 2. The molecule has 0 radical (unpaired) electrons. The number of amides is 1. The van der Waals surface area contributed by atoms with E-state index in [4.69, 9.17) is 0 Å². The predicted molar refractivity (Wildman–Crippen MR) is 78.4 cm³/mol. The van der Waals surface area contributed by atoms with Crippen LogP contribution in [0.5, 0.6) is 0 Å². The molecular formula is C14H20BrFN2O. The van der Waals surface area contributed by atoms with Crippen LogP contribution in [0.3, 0.4) is 0 Å². The lowest BCUT2D eigenvalue weighted by atomic mass is 10.1. The maximum atomic E-state index is 13.0. The van der Waals surface area contributed by atoms with Crippen LogP contribution < -0.4 is 10.6 Å². The largest absolute Gasteiger partial charge is 0.355 e. The van der Waals surface area contributed by atoms with E-state index in [9.17, 15) is 9.18 Å². The maximum Gasteiger partial charge on any atom is 0.233 e. The smallest absolute Gasteiger partial charge is 0.233 e.